The molecule has 1 N–H and O–H groups in total. The highest BCUT2D eigenvalue weighted by Gasteiger charge is 2.29. The first-order valence-corrected chi connectivity index (χ1v) is 5.62. The van der Waals surface area contributed by atoms with Crippen molar-refractivity contribution in [3.05, 3.63) is 18.0 Å². The lowest BCUT2D eigenvalue weighted by Crippen LogP contribution is -2.24. The minimum Gasteiger partial charge on any atom is -0.373 e. The second-order valence-corrected chi connectivity index (χ2v) is 4.10. The van der Waals surface area contributed by atoms with Crippen LogP contribution in [0.1, 0.15) is 25.0 Å². The van der Waals surface area contributed by atoms with Gasteiger partial charge in [-0.05, 0) is 13.0 Å². The van der Waals surface area contributed by atoms with Crippen molar-refractivity contribution >= 4 is 0 Å². The van der Waals surface area contributed by atoms with Crippen LogP contribution < -0.4 is 5.32 Å². The van der Waals surface area contributed by atoms with Gasteiger partial charge in [-0.1, -0.05) is 6.92 Å². The normalized spacial score (nSPS) is 26.0. The number of hydrogen-bond acceptors (Lipinski definition) is 3. The minimum absolute atomic E-state index is 0.234. The third-order valence-corrected chi connectivity index (χ3v) is 2.92. The molecule has 1 aliphatic rings. The van der Waals surface area contributed by atoms with Crippen LogP contribution in [0.15, 0.2) is 12.4 Å². The summed E-state index contributed by atoms with van der Waals surface area (Å²) >= 11 is 0. The predicted octanol–water partition coefficient (Wildman–Crippen LogP) is 1.11. The molecule has 4 nitrogen and oxygen atoms in total. The van der Waals surface area contributed by atoms with Crippen LogP contribution in [0.5, 0.6) is 0 Å². The average molecular weight is 209 g/mol. The number of aryl methyl sites for hydroxylation is 1. The fourth-order valence-electron chi connectivity index (χ4n) is 2.13. The first-order chi connectivity index (χ1) is 7.31. The summed E-state index contributed by atoms with van der Waals surface area (Å²) in [4.78, 5) is 0. The molecule has 2 atom stereocenters. The van der Waals surface area contributed by atoms with Crippen molar-refractivity contribution in [3.63, 3.8) is 0 Å². The molecule has 84 valence electrons. The first-order valence-electron chi connectivity index (χ1n) is 5.62. The summed E-state index contributed by atoms with van der Waals surface area (Å²) in [6.45, 7) is 5.07. The second-order valence-electron chi connectivity index (χ2n) is 4.10. The topological polar surface area (TPSA) is 39.1 Å². The second kappa shape index (κ2) is 4.77. The summed E-state index contributed by atoms with van der Waals surface area (Å²) in [6, 6.07) is 0. The zero-order chi connectivity index (χ0) is 10.7. The molecule has 1 aromatic heterocycles. The van der Waals surface area contributed by atoms with E-state index in [1.807, 2.05) is 17.9 Å². The number of ether oxygens (including phenoxy) is 1. The van der Waals surface area contributed by atoms with E-state index in [9.17, 15) is 0 Å². The molecule has 0 bridgehead atoms. The highest BCUT2D eigenvalue weighted by atomic mass is 16.5. The Morgan fingerprint density at radius 1 is 1.67 bits per heavy atom. The summed E-state index contributed by atoms with van der Waals surface area (Å²) < 4.78 is 7.60. The Bertz CT molecular complexity index is 311. The zero-order valence-electron chi connectivity index (χ0n) is 9.44. The maximum Gasteiger partial charge on any atom is 0.0896 e. The Morgan fingerprint density at radius 2 is 2.53 bits per heavy atom. The smallest absolute Gasteiger partial charge is 0.0896 e. The van der Waals surface area contributed by atoms with Crippen LogP contribution in [-0.2, 0) is 11.8 Å². The van der Waals surface area contributed by atoms with Gasteiger partial charge >= 0.3 is 0 Å². The largest absolute Gasteiger partial charge is 0.373 e. The first kappa shape index (κ1) is 10.6. The number of aromatic nitrogens is 2. The van der Waals surface area contributed by atoms with Gasteiger partial charge in [-0.2, -0.15) is 5.10 Å². The van der Waals surface area contributed by atoms with E-state index in [2.05, 4.69) is 23.5 Å². The van der Waals surface area contributed by atoms with E-state index >= 15 is 0 Å². The van der Waals surface area contributed by atoms with Gasteiger partial charge in [0.05, 0.1) is 12.3 Å². The molecule has 0 saturated carbocycles. The van der Waals surface area contributed by atoms with Crippen LogP contribution >= 0.6 is 0 Å². The molecule has 1 aromatic rings. The highest BCUT2D eigenvalue weighted by Crippen LogP contribution is 2.33. The minimum atomic E-state index is 0.234. The Kier molecular flexibility index (Phi) is 3.38. The van der Waals surface area contributed by atoms with Gasteiger partial charge in [-0.25, -0.2) is 0 Å². The molecule has 2 rings (SSSR count). The van der Waals surface area contributed by atoms with Gasteiger partial charge < -0.3 is 10.1 Å². The Hall–Kier alpha value is -0.870. The lowest BCUT2D eigenvalue weighted by atomic mass is 9.97. The molecule has 2 heterocycles. The van der Waals surface area contributed by atoms with E-state index < -0.39 is 0 Å². The predicted molar refractivity (Wildman–Crippen MR) is 58.6 cm³/mol. The van der Waals surface area contributed by atoms with Crippen LogP contribution in [-0.4, -0.2) is 29.5 Å². The van der Waals surface area contributed by atoms with Gasteiger partial charge in [-0.15, -0.1) is 0 Å². The van der Waals surface area contributed by atoms with Crippen LogP contribution in [0.3, 0.4) is 0 Å². The number of nitrogens with one attached hydrogen (secondary N) is 1. The molecule has 2 unspecified atom stereocenters. The third kappa shape index (κ3) is 2.38. The van der Waals surface area contributed by atoms with Crippen LogP contribution in [0.4, 0.5) is 0 Å². The summed E-state index contributed by atoms with van der Waals surface area (Å²) in [6.07, 6.45) is 5.34. The fourth-order valence-corrected chi connectivity index (χ4v) is 2.13. The van der Waals surface area contributed by atoms with E-state index in [-0.39, 0.29) is 6.10 Å². The van der Waals surface area contributed by atoms with Crippen LogP contribution in [0, 0.1) is 5.92 Å². The van der Waals surface area contributed by atoms with Crippen LogP contribution in [0.2, 0.25) is 0 Å². The standard InChI is InChI=1S/C11H19N3O/c1-3-12-6-9-4-5-15-11(9)10-7-13-14(2)8-10/h7-9,11-12H,3-6H2,1-2H3. The van der Waals surface area contributed by atoms with E-state index in [0.29, 0.717) is 5.92 Å². The van der Waals surface area contributed by atoms with Crippen molar-refractivity contribution in [1.82, 2.24) is 15.1 Å². The Labute approximate surface area is 90.6 Å². The summed E-state index contributed by atoms with van der Waals surface area (Å²) in [5.41, 5.74) is 1.21. The molecule has 0 spiro atoms. The summed E-state index contributed by atoms with van der Waals surface area (Å²) in [5, 5.41) is 7.58. The van der Waals surface area contributed by atoms with Crippen molar-refractivity contribution in [2.24, 2.45) is 13.0 Å². The zero-order valence-corrected chi connectivity index (χ0v) is 9.44. The SMILES string of the molecule is CCNCC1CCOC1c1cnn(C)c1. The van der Waals surface area contributed by atoms with Crippen molar-refractivity contribution < 1.29 is 4.74 Å². The highest BCUT2D eigenvalue weighted by molar-refractivity contribution is 5.11. The molecule has 15 heavy (non-hydrogen) atoms. The average Bonchev–Trinajstić information content (AvgIpc) is 2.82. The number of rotatable bonds is 4. The molecule has 4 heteroatoms. The fraction of sp³-hybridized carbons (Fsp3) is 0.727. The molecule has 0 aromatic carbocycles. The monoisotopic (exact) mass is 209 g/mol. The Morgan fingerprint density at radius 3 is 3.20 bits per heavy atom. The maximum absolute atomic E-state index is 5.77. The molecular weight excluding hydrogens is 190 g/mol. The molecule has 0 aliphatic carbocycles. The molecule has 0 radical (unpaired) electrons. The lowest BCUT2D eigenvalue weighted by molar-refractivity contribution is 0.0906. The van der Waals surface area contributed by atoms with Gasteiger partial charge in [0.25, 0.3) is 0 Å². The number of nitrogens with zero attached hydrogens (tertiary/aromatic N) is 2. The van der Waals surface area contributed by atoms with Crippen molar-refractivity contribution in [3.8, 4) is 0 Å². The van der Waals surface area contributed by atoms with Gasteiger partial charge in [0.15, 0.2) is 0 Å². The molecule has 1 aliphatic heterocycles. The quantitative estimate of drug-likeness (QED) is 0.807. The van der Waals surface area contributed by atoms with Gasteiger partial charge in [0, 0.05) is 37.9 Å². The van der Waals surface area contributed by atoms with Crippen molar-refractivity contribution in [2.45, 2.75) is 19.4 Å². The lowest BCUT2D eigenvalue weighted by Gasteiger charge is -2.17. The van der Waals surface area contributed by atoms with E-state index in [1.165, 1.54) is 5.56 Å². The third-order valence-electron chi connectivity index (χ3n) is 2.92. The molecule has 0 amide bonds. The van der Waals surface area contributed by atoms with Crippen molar-refractivity contribution in [2.75, 3.05) is 19.7 Å². The maximum atomic E-state index is 5.77. The van der Waals surface area contributed by atoms with E-state index in [4.69, 9.17) is 4.74 Å². The molecular formula is C11H19N3O. The Balaban J connectivity index is 2.01. The van der Waals surface area contributed by atoms with E-state index in [0.717, 1.165) is 26.1 Å². The van der Waals surface area contributed by atoms with Gasteiger partial charge in [-0.3, -0.25) is 4.68 Å². The summed E-state index contributed by atoms with van der Waals surface area (Å²) in [5.74, 6) is 0.592. The van der Waals surface area contributed by atoms with Gasteiger partial charge in [0.2, 0.25) is 0 Å². The van der Waals surface area contributed by atoms with Gasteiger partial charge in [0.1, 0.15) is 0 Å². The molecule has 1 fully saturated rings. The summed E-state index contributed by atoms with van der Waals surface area (Å²) in [7, 11) is 1.94. The van der Waals surface area contributed by atoms with Crippen molar-refractivity contribution in [1.29, 1.82) is 0 Å². The number of hydrogen-bond donors (Lipinski definition) is 1. The van der Waals surface area contributed by atoms with Crippen LogP contribution in [0.25, 0.3) is 0 Å². The molecule has 1 saturated heterocycles. The van der Waals surface area contributed by atoms with E-state index in [1.54, 1.807) is 0 Å².